The van der Waals surface area contributed by atoms with Gasteiger partial charge < -0.3 is 10.2 Å². The van der Waals surface area contributed by atoms with Crippen molar-refractivity contribution in [2.24, 2.45) is 0 Å². The van der Waals surface area contributed by atoms with Crippen molar-refractivity contribution in [2.45, 2.75) is 13.5 Å². The molecule has 3 rings (SSSR count). The van der Waals surface area contributed by atoms with Gasteiger partial charge in [-0.1, -0.05) is 29.8 Å². The van der Waals surface area contributed by atoms with Crippen LogP contribution in [-0.2, 0) is 6.54 Å². The van der Waals surface area contributed by atoms with Crippen molar-refractivity contribution in [3.8, 4) is 0 Å². The second-order valence-corrected chi connectivity index (χ2v) is 4.67. The molecule has 0 amide bonds. The van der Waals surface area contributed by atoms with Gasteiger partial charge in [0.05, 0.1) is 12.1 Å². The fraction of sp³-hybridized carbons (Fsp3) is 0.133. The van der Waals surface area contributed by atoms with Gasteiger partial charge in [-0.2, -0.15) is 0 Å². The molecule has 0 bridgehead atoms. The van der Waals surface area contributed by atoms with Crippen molar-refractivity contribution in [3.05, 3.63) is 64.1 Å². The topological polar surface area (TPSA) is 61.2 Å². The van der Waals surface area contributed by atoms with Gasteiger partial charge in [0.25, 0.3) is 0 Å². The molecular formula is C15H14N2O2. The predicted octanol–water partition coefficient (Wildman–Crippen LogP) is 2.53. The van der Waals surface area contributed by atoms with Gasteiger partial charge in [0, 0.05) is 5.69 Å². The van der Waals surface area contributed by atoms with E-state index < -0.39 is 0 Å². The lowest BCUT2D eigenvalue weighted by molar-refractivity contribution is 0.517. The number of hydrogen-bond acceptors (Lipinski definition) is 3. The Kier molecular flexibility index (Phi) is 2.63. The van der Waals surface area contributed by atoms with Crippen LogP contribution < -0.4 is 11.5 Å². The molecule has 0 radical (unpaired) electrons. The van der Waals surface area contributed by atoms with Gasteiger partial charge in [0.2, 0.25) is 0 Å². The number of nitrogens with zero attached hydrogens (tertiary/aromatic N) is 1. The fourth-order valence-corrected chi connectivity index (χ4v) is 2.10. The molecule has 2 aromatic carbocycles. The summed E-state index contributed by atoms with van der Waals surface area (Å²) in [5, 5.41) is 0. The molecule has 0 aliphatic rings. The normalized spacial score (nSPS) is 11.0. The minimum absolute atomic E-state index is 0.360. The number of nitrogens with two attached hydrogens (primary N) is 1. The molecule has 2 N–H and O–H groups in total. The standard InChI is InChI=1S/C15H14N2O2/c1-10-2-4-11(5-3-10)9-17-13-8-12(16)6-7-14(13)19-15(17)18/h2-8H,9,16H2,1H3. The highest BCUT2D eigenvalue weighted by atomic mass is 16.4. The summed E-state index contributed by atoms with van der Waals surface area (Å²) < 4.78 is 6.80. The summed E-state index contributed by atoms with van der Waals surface area (Å²) in [4.78, 5) is 11.9. The van der Waals surface area contributed by atoms with Crippen molar-refractivity contribution in [3.63, 3.8) is 0 Å². The quantitative estimate of drug-likeness (QED) is 0.715. The molecule has 96 valence electrons. The van der Waals surface area contributed by atoms with Crippen molar-refractivity contribution in [1.29, 1.82) is 0 Å². The van der Waals surface area contributed by atoms with E-state index >= 15 is 0 Å². The van der Waals surface area contributed by atoms with E-state index in [0.29, 0.717) is 17.8 Å². The second-order valence-electron chi connectivity index (χ2n) is 4.67. The average molecular weight is 254 g/mol. The van der Waals surface area contributed by atoms with E-state index in [1.54, 1.807) is 22.8 Å². The van der Waals surface area contributed by atoms with Gasteiger partial charge in [0.1, 0.15) is 0 Å². The third-order valence-corrected chi connectivity index (χ3v) is 3.15. The Balaban J connectivity index is 2.09. The summed E-state index contributed by atoms with van der Waals surface area (Å²) in [6.07, 6.45) is 0. The van der Waals surface area contributed by atoms with Crippen LogP contribution in [0.15, 0.2) is 51.7 Å². The van der Waals surface area contributed by atoms with Gasteiger partial charge in [-0.3, -0.25) is 4.57 Å². The van der Waals surface area contributed by atoms with E-state index in [2.05, 4.69) is 0 Å². The second kappa shape index (κ2) is 4.31. The number of hydrogen-bond donors (Lipinski definition) is 1. The number of oxazole rings is 1. The maximum Gasteiger partial charge on any atom is 0.420 e. The zero-order valence-electron chi connectivity index (χ0n) is 10.6. The SMILES string of the molecule is Cc1ccc(Cn2c(=O)oc3ccc(N)cc32)cc1. The zero-order chi connectivity index (χ0) is 13.4. The van der Waals surface area contributed by atoms with Crippen LogP contribution in [0.5, 0.6) is 0 Å². The molecule has 4 heteroatoms. The Labute approximate surface area is 110 Å². The van der Waals surface area contributed by atoms with E-state index in [-0.39, 0.29) is 5.76 Å². The van der Waals surface area contributed by atoms with Crippen LogP contribution in [0.4, 0.5) is 5.69 Å². The maximum absolute atomic E-state index is 11.9. The molecular weight excluding hydrogens is 240 g/mol. The Hall–Kier alpha value is -2.49. The first-order valence-electron chi connectivity index (χ1n) is 6.08. The van der Waals surface area contributed by atoms with Gasteiger partial charge in [-0.05, 0) is 30.7 Å². The molecule has 0 aliphatic heterocycles. The third-order valence-electron chi connectivity index (χ3n) is 3.15. The summed E-state index contributed by atoms with van der Waals surface area (Å²) in [5.74, 6) is -0.360. The minimum atomic E-state index is -0.360. The molecule has 3 aromatic rings. The highest BCUT2D eigenvalue weighted by Gasteiger charge is 2.09. The Morgan fingerprint density at radius 1 is 1.16 bits per heavy atom. The van der Waals surface area contributed by atoms with Crippen LogP contribution in [0.3, 0.4) is 0 Å². The smallest absolute Gasteiger partial charge is 0.408 e. The van der Waals surface area contributed by atoms with Crippen LogP contribution in [-0.4, -0.2) is 4.57 Å². The molecule has 1 heterocycles. The number of benzene rings is 2. The van der Waals surface area contributed by atoms with E-state index in [1.807, 2.05) is 31.2 Å². The summed E-state index contributed by atoms with van der Waals surface area (Å²) >= 11 is 0. The Bertz CT molecular complexity index is 782. The molecule has 0 saturated carbocycles. The van der Waals surface area contributed by atoms with Crippen LogP contribution >= 0.6 is 0 Å². The first-order valence-corrected chi connectivity index (χ1v) is 6.08. The molecule has 0 atom stereocenters. The summed E-state index contributed by atoms with van der Waals surface area (Å²) in [6, 6.07) is 13.3. The van der Waals surface area contributed by atoms with Gasteiger partial charge in [-0.15, -0.1) is 0 Å². The molecule has 0 saturated heterocycles. The van der Waals surface area contributed by atoms with Crippen LogP contribution in [0.25, 0.3) is 11.1 Å². The Morgan fingerprint density at radius 2 is 1.89 bits per heavy atom. The highest BCUT2D eigenvalue weighted by Crippen LogP contribution is 2.17. The number of rotatable bonds is 2. The zero-order valence-corrected chi connectivity index (χ0v) is 10.6. The van der Waals surface area contributed by atoms with Crippen LogP contribution in [0, 0.1) is 6.92 Å². The summed E-state index contributed by atoms with van der Waals surface area (Å²) in [6.45, 7) is 2.51. The summed E-state index contributed by atoms with van der Waals surface area (Å²) in [7, 11) is 0. The van der Waals surface area contributed by atoms with Gasteiger partial charge >= 0.3 is 5.76 Å². The Morgan fingerprint density at radius 3 is 2.63 bits per heavy atom. The molecule has 1 aromatic heterocycles. The lowest BCUT2D eigenvalue weighted by Gasteiger charge is -2.03. The fourth-order valence-electron chi connectivity index (χ4n) is 2.10. The van der Waals surface area contributed by atoms with Crippen LogP contribution in [0.2, 0.25) is 0 Å². The lowest BCUT2D eigenvalue weighted by Crippen LogP contribution is -2.14. The molecule has 0 unspecified atom stereocenters. The highest BCUT2D eigenvalue weighted by molar-refractivity contribution is 5.77. The molecule has 19 heavy (non-hydrogen) atoms. The first-order chi connectivity index (χ1) is 9.13. The number of aryl methyl sites for hydroxylation is 1. The van der Waals surface area contributed by atoms with Crippen molar-refractivity contribution < 1.29 is 4.42 Å². The van der Waals surface area contributed by atoms with Crippen molar-refractivity contribution in [2.75, 3.05) is 5.73 Å². The third kappa shape index (κ3) is 2.12. The van der Waals surface area contributed by atoms with Crippen molar-refractivity contribution >= 4 is 16.8 Å². The van der Waals surface area contributed by atoms with E-state index in [4.69, 9.17) is 10.2 Å². The average Bonchev–Trinajstić information content (AvgIpc) is 2.69. The molecule has 4 nitrogen and oxygen atoms in total. The lowest BCUT2D eigenvalue weighted by atomic mass is 10.1. The monoisotopic (exact) mass is 254 g/mol. The van der Waals surface area contributed by atoms with E-state index in [9.17, 15) is 4.79 Å². The largest absolute Gasteiger partial charge is 0.420 e. The number of aromatic nitrogens is 1. The molecule has 0 aliphatic carbocycles. The maximum atomic E-state index is 11.9. The molecule has 0 fully saturated rings. The summed E-state index contributed by atoms with van der Waals surface area (Å²) in [5.41, 5.74) is 9.91. The number of anilines is 1. The van der Waals surface area contributed by atoms with Crippen LogP contribution in [0.1, 0.15) is 11.1 Å². The minimum Gasteiger partial charge on any atom is -0.408 e. The van der Waals surface area contributed by atoms with Gasteiger partial charge in [0.15, 0.2) is 5.58 Å². The van der Waals surface area contributed by atoms with Crippen molar-refractivity contribution in [1.82, 2.24) is 4.57 Å². The first kappa shape index (κ1) is 11.6. The van der Waals surface area contributed by atoms with Gasteiger partial charge in [-0.25, -0.2) is 4.79 Å². The number of nitrogen functional groups attached to an aromatic ring is 1. The predicted molar refractivity (Wildman–Crippen MR) is 75.2 cm³/mol. The molecule has 0 spiro atoms. The number of fused-ring (bicyclic) bond motifs is 1. The van der Waals surface area contributed by atoms with E-state index in [1.165, 1.54) is 5.56 Å². The van der Waals surface area contributed by atoms with E-state index in [0.717, 1.165) is 11.1 Å².